The summed E-state index contributed by atoms with van der Waals surface area (Å²) in [7, 11) is 0. The second-order valence-electron chi connectivity index (χ2n) is 5.91. The number of nitrogens with two attached hydrogens (primary N) is 1. The molecular formula is C17H18FN5OS. The summed E-state index contributed by atoms with van der Waals surface area (Å²) in [5, 5.41) is 0.363. The van der Waals surface area contributed by atoms with Crippen LogP contribution in [0.5, 0.6) is 0 Å². The van der Waals surface area contributed by atoms with Gasteiger partial charge in [-0.2, -0.15) is 0 Å². The van der Waals surface area contributed by atoms with Crippen LogP contribution in [-0.2, 0) is 12.0 Å². The van der Waals surface area contributed by atoms with Gasteiger partial charge in [0.15, 0.2) is 11.0 Å². The lowest BCUT2D eigenvalue weighted by molar-refractivity contribution is 0.0987. The largest absolute Gasteiger partial charge is 0.379 e. The number of amidine groups is 1. The Morgan fingerprint density at radius 3 is 2.88 bits per heavy atom. The number of rotatable bonds is 5. The number of ketones is 1. The van der Waals surface area contributed by atoms with Crippen LogP contribution in [0.4, 0.5) is 4.39 Å². The maximum Gasteiger partial charge on any atom is 0.187 e. The van der Waals surface area contributed by atoms with Crippen LogP contribution in [0.25, 0.3) is 0 Å². The topological polar surface area (TPSA) is 94.1 Å². The fraction of sp³-hybridized carbons (Fsp3) is 0.353. The maximum atomic E-state index is 13.8. The average molecular weight is 359 g/mol. The molecule has 130 valence electrons. The Bertz CT molecular complexity index is 811. The van der Waals surface area contributed by atoms with Crippen molar-refractivity contribution in [1.29, 1.82) is 0 Å². The van der Waals surface area contributed by atoms with E-state index in [1.165, 1.54) is 18.0 Å². The van der Waals surface area contributed by atoms with Gasteiger partial charge >= 0.3 is 0 Å². The van der Waals surface area contributed by atoms with Crippen LogP contribution in [0.15, 0.2) is 35.7 Å². The molecule has 0 aromatic carbocycles. The van der Waals surface area contributed by atoms with Crippen LogP contribution in [-0.4, -0.2) is 38.3 Å². The quantitative estimate of drug-likeness (QED) is 0.823. The van der Waals surface area contributed by atoms with Crippen molar-refractivity contribution in [3.63, 3.8) is 0 Å². The third-order valence-electron chi connectivity index (χ3n) is 4.04. The van der Waals surface area contributed by atoms with Crippen molar-refractivity contribution in [2.24, 2.45) is 10.7 Å². The van der Waals surface area contributed by atoms with Crippen molar-refractivity contribution in [3.8, 4) is 0 Å². The first-order valence-corrected chi connectivity index (χ1v) is 8.82. The second-order valence-corrected chi connectivity index (χ2v) is 7.02. The van der Waals surface area contributed by atoms with Crippen LogP contribution in [0.3, 0.4) is 0 Å². The highest BCUT2D eigenvalue weighted by Crippen LogP contribution is 2.35. The normalized spacial score (nSPS) is 20.2. The van der Waals surface area contributed by atoms with Crippen molar-refractivity contribution in [1.82, 2.24) is 15.0 Å². The molecule has 1 aliphatic heterocycles. The molecule has 0 spiro atoms. The third kappa shape index (κ3) is 3.84. The lowest BCUT2D eigenvalue weighted by Gasteiger charge is -2.30. The SMILES string of the molecule is Cc1cnc(C(=O)Cc2ccnc([C@]3(CF)CCSC(N)=N3)c2)cn1. The molecule has 8 heteroatoms. The van der Waals surface area contributed by atoms with Crippen molar-refractivity contribution < 1.29 is 9.18 Å². The molecule has 0 unspecified atom stereocenters. The summed E-state index contributed by atoms with van der Waals surface area (Å²) in [6.07, 6.45) is 5.25. The molecule has 0 bridgehead atoms. The molecule has 0 amide bonds. The molecule has 2 aromatic heterocycles. The number of pyridine rings is 1. The molecule has 0 saturated carbocycles. The second kappa shape index (κ2) is 7.26. The number of alkyl halides is 1. The molecule has 2 aromatic rings. The lowest BCUT2D eigenvalue weighted by atomic mass is 9.92. The third-order valence-corrected chi connectivity index (χ3v) is 4.84. The summed E-state index contributed by atoms with van der Waals surface area (Å²) in [6, 6.07) is 3.46. The smallest absolute Gasteiger partial charge is 0.187 e. The molecular weight excluding hydrogens is 341 g/mol. The fourth-order valence-electron chi connectivity index (χ4n) is 2.63. The van der Waals surface area contributed by atoms with E-state index in [1.807, 2.05) is 6.92 Å². The maximum absolute atomic E-state index is 13.8. The van der Waals surface area contributed by atoms with Gasteiger partial charge in [-0.15, -0.1) is 0 Å². The van der Waals surface area contributed by atoms with Gasteiger partial charge in [0.05, 0.1) is 17.6 Å². The van der Waals surface area contributed by atoms with Crippen LogP contribution < -0.4 is 5.73 Å². The predicted molar refractivity (Wildman–Crippen MR) is 95.4 cm³/mol. The Morgan fingerprint density at radius 1 is 1.36 bits per heavy atom. The first kappa shape index (κ1) is 17.5. The van der Waals surface area contributed by atoms with E-state index in [1.54, 1.807) is 24.5 Å². The van der Waals surface area contributed by atoms with Crippen LogP contribution in [0.2, 0.25) is 0 Å². The summed E-state index contributed by atoms with van der Waals surface area (Å²) in [6.45, 7) is 1.13. The standard InChI is InChI=1S/C17H18FN5OS/c1-11-8-22-13(9-21-11)14(24)6-12-2-4-20-15(7-12)17(10-18)3-5-25-16(19)23-17/h2,4,7-9H,3,5-6,10H2,1H3,(H2,19,23)/t17-/m1/s1. The molecule has 2 N–H and O–H groups in total. The van der Waals surface area contributed by atoms with E-state index in [0.29, 0.717) is 28.7 Å². The van der Waals surface area contributed by atoms with Crippen LogP contribution in [0.1, 0.15) is 33.9 Å². The number of aromatic nitrogens is 3. The molecule has 1 aliphatic rings. The van der Waals surface area contributed by atoms with Gasteiger partial charge in [-0.05, 0) is 31.0 Å². The van der Waals surface area contributed by atoms with Crippen molar-refractivity contribution in [2.75, 3.05) is 12.4 Å². The van der Waals surface area contributed by atoms with Gasteiger partial charge in [-0.25, -0.2) is 14.4 Å². The minimum atomic E-state index is -1.06. The van der Waals surface area contributed by atoms with Gasteiger partial charge in [0.25, 0.3) is 0 Å². The van der Waals surface area contributed by atoms with Gasteiger partial charge in [-0.3, -0.25) is 14.8 Å². The molecule has 1 atom stereocenters. The molecule has 3 heterocycles. The zero-order chi connectivity index (χ0) is 17.9. The number of aliphatic imine (C=N–C) groups is 1. The number of carbonyl (C=O) groups excluding carboxylic acids is 1. The minimum absolute atomic E-state index is 0.142. The number of nitrogens with zero attached hydrogens (tertiary/aromatic N) is 4. The van der Waals surface area contributed by atoms with Gasteiger partial charge in [0.2, 0.25) is 0 Å². The Hall–Kier alpha value is -2.35. The molecule has 0 saturated heterocycles. The fourth-order valence-corrected chi connectivity index (χ4v) is 3.51. The number of thioether (sulfide) groups is 1. The minimum Gasteiger partial charge on any atom is -0.379 e. The van der Waals surface area contributed by atoms with E-state index in [0.717, 1.165) is 11.3 Å². The average Bonchev–Trinajstić information content (AvgIpc) is 2.62. The summed E-state index contributed by atoms with van der Waals surface area (Å²) in [5.74, 6) is 0.532. The summed E-state index contributed by atoms with van der Waals surface area (Å²) in [4.78, 5) is 29.1. The zero-order valence-electron chi connectivity index (χ0n) is 13.8. The zero-order valence-corrected chi connectivity index (χ0v) is 14.6. The number of hydrogen-bond donors (Lipinski definition) is 1. The Labute approximate surface area is 149 Å². The number of hydrogen-bond acceptors (Lipinski definition) is 7. The molecule has 0 radical (unpaired) electrons. The van der Waals surface area contributed by atoms with Crippen LogP contribution >= 0.6 is 11.8 Å². The van der Waals surface area contributed by atoms with Gasteiger partial charge in [0, 0.05) is 24.6 Å². The summed E-state index contributed by atoms with van der Waals surface area (Å²) in [5.41, 5.74) is 7.01. The Morgan fingerprint density at radius 2 is 2.20 bits per heavy atom. The summed E-state index contributed by atoms with van der Waals surface area (Å²) >= 11 is 1.41. The highest BCUT2D eigenvalue weighted by atomic mass is 32.2. The number of halogens is 1. The van der Waals surface area contributed by atoms with Gasteiger partial charge in [-0.1, -0.05) is 11.8 Å². The molecule has 6 nitrogen and oxygen atoms in total. The highest BCUT2D eigenvalue weighted by molar-refractivity contribution is 8.13. The predicted octanol–water partition coefficient (Wildman–Crippen LogP) is 2.22. The van der Waals surface area contributed by atoms with E-state index in [9.17, 15) is 9.18 Å². The van der Waals surface area contributed by atoms with Crippen LogP contribution in [0, 0.1) is 6.92 Å². The van der Waals surface area contributed by atoms with E-state index < -0.39 is 12.2 Å². The van der Waals surface area contributed by atoms with Gasteiger partial charge < -0.3 is 5.73 Å². The van der Waals surface area contributed by atoms with Crippen molar-refractivity contribution in [3.05, 3.63) is 53.4 Å². The Balaban J connectivity index is 1.85. The highest BCUT2D eigenvalue weighted by Gasteiger charge is 2.36. The summed E-state index contributed by atoms with van der Waals surface area (Å²) < 4.78 is 13.8. The first-order chi connectivity index (χ1) is 12.0. The number of Topliss-reactive ketones (excluding diaryl/α,β-unsaturated/α-hetero) is 1. The molecule has 0 fully saturated rings. The molecule has 0 aliphatic carbocycles. The van der Waals surface area contributed by atoms with E-state index in [-0.39, 0.29) is 12.2 Å². The first-order valence-electron chi connectivity index (χ1n) is 7.84. The monoisotopic (exact) mass is 359 g/mol. The molecule has 25 heavy (non-hydrogen) atoms. The lowest BCUT2D eigenvalue weighted by Crippen LogP contribution is -2.34. The van der Waals surface area contributed by atoms with E-state index in [2.05, 4.69) is 19.9 Å². The van der Waals surface area contributed by atoms with E-state index >= 15 is 0 Å². The molecule has 3 rings (SSSR count). The van der Waals surface area contributed by atoms with Crippen molar-refractivity contribution >= 4 is 22.7 Å². The van der Waals surface area contributed by atoms with E-state index in [4.69, 9.17) is 5.73 Å². The number of aryl methyl sites for hydroxylation is 1. The number of carbonyl (C=O) groups is 1. The van der Waals surface area contributed by atoms with Gasteiger partial charge in [0.1, 0.15) is 17.9 Å². The van der Waals surface area contributed by atoms with Crippen molar-refractivity contribution in [2.45, 2.75) is 25.3 Å². The Kier molecular flexibility index (Phi) is 5.08.